The van der Waals surface area contributed by atoms with Gasteiger partial charge in [0.2, 0.25) is 5.88 Å². The van der Waals surface area contributed by atoms with Crippen LogP contribution in [0.5, 0.6) is 5.88 Å². The summed E-state index contributed by atoms with van der Waals surface area (Å²) < 4.78 is 11.4. The molecule has 1 aromatic heterocycles. The minimum atomic E-state index is 0.0404. The number of amides is 1. The van der Waals surface area contributed by atoms with E-state index in [-0.39, 0.29) is 11.3 Å². The lowest BCUT2D eigenvalue weighted by Crippen LogP contribution is -2.45. The van der Waals surface area contributed by atoms with Crippen LogP contribution in [0, 0.1) is 11.3 Å². The Morgan fingerprint density at radius 2 is 2.25 bits per heavy atom. The predicted octanol–water partition coefficient (Wildman–Crippen LogP) is 3.15. The van der Waals surface area contributed by atoms with Gasteiger partial charge in [0.1, 0.15) is 5.56 Å². The maximum Gasteiger partial charge on any atom is 0.259 e. The third kappa shape index (κ3) is 3.56. The van der Waals surface area contributed by atoms with E-state index in [9.17, 15) is 4.79 Å². The van der Waals surface area contributed by atoms with Gasteiger partial charge in [0.15, 0.2) is 0 Å². The quantitative estimate of drug-likeness (QED) is 0.803. The molecule has 0 radical (unpaired) electrons. The number of carbonyl (C=O) groups is 1. The minimum Gasteiger partial charge on any atom is -0.477 e. The van der Waals surface area contributed by atoms with Crippen molar-refractivity contribution < 1.29 is 14.3 Å². The summed E-state index contributed by atoms with van der Waals surface area (Å²) in [6.45, 7) is 9.19. The van der Waals surface area contributed by atoms with Crippen LogP contribution in [0.4, 0.5) is 0 Å². The molecule has 2 heterocycles. The molecular weight excluding hydrogens is 304 g/mol. The fourth-order valence-electron chi connectivity index (χ4n) is 3.79. The van der Waals surface area contributed by atoms with Crippen LogP contribution in [0.1, 0.15) is 50.4 Å². The normalized spacial score (nSPS) is 26.0. The Balaban J connectivity index is 1.64. The van der Waals surface area contributed by atoms with Crippen LogP contribution < -0.4 is 4.74 Å². The van der Waals surface area contributed by atoms with Crippen molar-refractivity contribution in [1.82, 2.24) is 9.88 Å². The van der Waals surface area contributed by atoms with Crippen LogP contribution in [0.25, 0.3) is 0 Å². The lowest BCUT2D eigenvalue weighted by Gasteiger charge is -2.44. The molecule has 0 bridgehead atoms. The van der Waals surface area contributed by atoms with Gasteiger partial charge in [0.05, 0.1) is 12.7 Å². The fourth-order valence-corrected chi connectivity index (χ4v) is 3.79. The summed E-state index contributed by atoms with van der Waals surface area (Å²) in [6.07, 6.45) is 5.29. The van der Waals surface area contributed by atoms with Gasteiger partial charge in [0.25, 0.3) is 5.91 Å². The van der Waals surface area contributed by atoms with E-state index >= 15 is 0 Å². The average Bonchev–Trinajstić information content (AvgIpc) is 2.98. The Labute approximate surface area is 144 Å². The molecule has 1 saturated heterocycles. The SMILES string of the molecule is CCOC1CC2(CCN(C(=O)c3cccnc3OCC(C)C)C2)C1. The van der Waals surface area contributed by atoms with Crippen LogP contribution in [0.3, 0.4) is 0 Å². The molecule has 2 aliphatic rings. The fraction of sp³-hybridized carbons (Fsp3) is 0.684. The van der Waals surface area contributed by atoms with Crippen molar-refractivity contribution in [3.05, 3.63) is 23.9 Å². The zero-order chi connectivity index (χ0) is 17.2. The second-order valence-electron chi connectivity index (χ2n) is 7.52. The summed E-state index contributed by atoms with van der Waals surface area (Å²) in [6, 6.07) is 3.62. The van der Waals surface area contributed by atoms with Crippen LogP contribution >= 0.6 is 0 Å². The third-order valence-corrected chi connectivity index (χ3v) is 5.00. The van der Waals surface area contributed by atoms with E-state index in [0.717, 1.165) is 39.0 Å². The van der Waals surface area contributed by atoms with Crippen LogP contribution in [-0.4, -0.2) is 48.2 Å². The molecule has 24 heavy (non-hydrogen) atoms. The van der Waals surface area contributed by atoms with Gasteiger partial charge in [-0.05, 0) is 49.7 Å². The number of nitrogens with zero attached hydrogens (tertiary/aromatic N) is 2. The Morgan fingerprint density at radius 3 is 2.96 bits per heavy atom. The molecule has 1 amide bonds. The lowest BCUT2D eigenvalue weighted by molar-refractivity contribution is -0.0708. The smallest absolute Gasteiger partial charge is 0.259 e. The molecule has 132 valence electrons. The number of hydrogen-bond donors (Lipinski definition) is 0. The maximum atomic E-state index is 12.9. The number of ether oxygens (including phenoxy) is 2. The highest BCUT2D eigenvalue weighted by atomic mass is 16.5. The average molecular weight is 332 g/mol. The molecule has 0 aromatic carbocycles. The van der Waals surface area contributed by atoms with Crippen molar-refractivity contribution in [2.75, 3.05) is 26.3 Å². The molecule has 0 unspecified atom stereocenters. The molecule has 0 atom stereocenters. The second-order valence-corrected chi connectivity index (χ2v) is 7.52. The molecule has 1 aliphatic carbocycles. The number of hydrogen-bond acceptors (Lipinski definition) is 4. The van der Waals surface area contributed by atoms with Gasteiger partial charge in [-0.2, -0.15) is 0 Å². The molecule has 5 nitrogen and oxygen atoms in total. The molecule has 0 N–H and O–H groups in total. The Bertz CT molecular complexity index is 582. The maximum absolute atomic E-state index is 12.9. The summed E-state index contributed by atoms with van der Waals surface area (Å²) in [7, 11) is 0. The van der Waals surface area contributed by atoms with Gasteiger partial charge < -0.3 is 14.4 Å². The monoisotopic (exact) mass is 332 g/mol. The van der Waals surface area contributed by atoms with Crippen molar-refractivity contribution in [2.24, 2.45) is 11.3 Å². The Kier molecular flexibility index (Phi) is 5.09. The first kappa shape index (κ1) is 17.2. The predicted molar refractivity (Wildman–Crippen MR) is 92.2 cm³/mol. The standard InChI is InChI=1S/C19H28N2O3/c1-4-23-15-10-19(11-15)7-9-21(13-19)18(22)16-6-5-8-20-17(16)24-12-14(2)3/h5-6,8,14-15H,4,7,9-13H2,1-3H3. The number of carbonyl (C=O) groups excluding carboxylic acids is 1. The Morgan fingerprint density at radius 1 is 1.46 bits per heavy atom. The molecular formula is C19H28N2O3. The highest BCUT2D eigenvalue weighted by molar-refractivity contribution is 5.96. The number of likely N-dealkylation sites (tertiary alicyclic amines) is 1. The van der Waals surface area contributed by atoms with E-state index < -0.39 is 0 Å². The topological polar surface area (TPSA) is 51.7 Å². The van der Waals surface area contributed by atoms with E-state index in [1.807, 2.05) is 17.9 Å². The van der Waals surface area contributed by atoms with E-state index in [4.69, 9.17) is 9.47 Å². The number of pyridine rings is 1. The first-order valence-electron chi connectivity index (χ1n) is 9.02. The molecule has 1 saturated carbocycles. The van der Waals surface area contributed by atoms with Crippen molar-refractivity contribution in [3.63, 3.8) is 0 Å². The van der Waals surface area contributed by atoms with E-state index in [1.165, 1.54) is 0 Å². The first-order valence-corrected chi connectivity index (χ1v) is 9.02. The summed E-state index contributed by atoms with van der Waals surface area (Å²) in [4.78, 5) is 19.1. The second kappa shape index (κ2) is 7.09. The largest absolute Gasteiger partial charge is 0.477 e. The number of rotatable bonds is 6. The molecule has 2 fully saturated rings. The highest BCUT2D eigenvalue weighted by Gasteiger charge is 2.50. The number of aromatic nitrogens is 1. The summed E-state index contributed by atoms with van der Waals surface area (Å²) >= 11 is 0. The van der Waals surface area contributed by atoms with Crippen LogP contribution in [0.2, 0.25) is 0 Å². The van der Waals surface area contributed by atoms with E-state index in [0.29, 0.717) is 30.1 Å². The van der Waals surface area contributed by atoms with Crippen LogP contribution in [-0.2, 0) is 4.74 Å². The highest BCUT2D eigenvalue weighted by Crippen LogP contribution is 2.49. The van der Waals surface area contributed by atoms with Gasteiger partial charge in [-0.1, -0.05) is 13.8 Å². The van der Waals surface area contributed by atoms with Crippen LogP contribution in [0.15, 0.2) is 18.3 Å². The Hall–Kier alpha value is -1.62. The zero-order valence-electron chi connectivity index (χ0n) is 15.0. The molecule has 3 rings (SSSR count). The van der Waals surface area contributed by atoms with Gasteiger partial charge in [-0.25, -0.2) is 4.98 Å². The summed E-state index contributed by atoms with van der Waals surface area (Å²) in [5, 5.41) is 0. The van der Waals surface area contributed by atoms with Crippen molar-refractivity contribution in [1.29, 1.82) is 0 Å². The van der Waals surface area contributed by atoms with Gasteiger partial charge in [-0.15, -0.1) is 0 Å². The van der Waals surface area contributed by atoms with Crippen molar-refractivity contribution in [2.45, 2.75) is 46.1 Å². The summed E-state index contributed by atoms with van der Waals surface area (Å²) in [5.74, 6) is 0.895. The minimum absolute atomic E-state index is 0.0404. The molecule has 1 aromatic rings. The summed E-state index contributed by atoms with van der Waals surface area (Å²) in [5.41, 5.74) is 0.854. The third-order valence-electron chi connectivity index (χ3n) is 5.00. The van der Waals surface area contributed by atoms with Crippen molar-refractivity contribution >= 4 is 5.91 Å². The molecule has 5 heteroatoms. The van der Waals surface area contributed by atoms with Gasteiger partial charge in [0, 0.05) is 25.9 Å². The molecule has 1 spiro atoms. The van der Waals surface area contributed by atoms with E-state index in [2.05, 4.69) is 18.8 Å². The van der Waals surface area contributed by atoms with E-state index in [1.54, 1.807) is 12.3 Å². The lowest BCUT2D eigenvalue weighted by atomic mass is 9.66. The first-order chi connectivity index (χ1) is 11.5. The zero-order valence-corrected chi connectivity index (χ0v) is 15.0. The molecule has 1 aliphatic heterocycles. The van der Waals surface area contributed by atoms with Gasteiger partial charge >= 0.3 is 0 Å². The van der Waals surface area contributed by atoms with Gasteiger partial charge in [-0.3, -0.25) is 4.79 Å². The van der Waals surface area contributed by atoms with Crippen molar-refractivity contribution in [3.8, 4) is 5.88 Å².